The minimum atomic E-state index is -0.727. The summed E-state index contributed by atoms with van der Waals surface area (Å²) in [7, 11) is 0. The van der Waals surface area contributed by atoms with E-state index in [2.05, 4.69) is 35.5 Å². The maximum absolute atomic E-state index is 13.9. The highest BCUT2D eigenvalue weighted by atomic mass is 19.1. The largest absolute Gasteiger partial charge is 0.373 e. The molecule has 1 aromatic carbocycles. The fourth-order valence-corrected chi connectivity index (χ4v) is 4.38. The number of aliphatic hydroxyl groups excluding tert-OH is 1. The summed E-state index contributed by atoms with van der Waals surface area (Å²) in [6, 6.07) is 12.4. The Bertz CT molecular complexity index is 1780. The van der Waals surface area contributed by atoms with Gasteiger partial charge in [-0.25, -0.2) is 9.37 Å². The van der Waals surface area contributed by atoms with E-state index < -0.39 is 6.23 Å². The molecule has 1 atom stereocenters. The number of H-pyrrole nitrogens is 2. The minimum Gasteiger partial charge on any atom is -0.373 e. The molecule has 0 saturated heterocycles. The molecule has 0 aliphatic rings. The van der Waals surface area contributed by atoms with Crippen LogP contribution in [0.3, 0.4) is 0 Å². The average Bonchev–Trinajstić information content (AvgIpc) is 3.52. The smallest absolute Gasteiger partial charge is 0.155 e. The Labute approximate surface area is 218 Å². The second-order valence-corrected chi connectivity index (χ2v) is 10.4. The predicted octanol–water partition coefficient (Wildman–Crippen LogP) is 6.15. The van der Waals surface area contributed by atoms with E-state index in [0.717, 1.165) is 44.2 Å². The van der Waals surface area contributed by atoms with Crippen molar-refractivity contribution in [1.82, 2.24) is 30.1 Å². The van der Waals surface area contributed by atoms with Gasteiger partial charge in [0.1, 0.15) is 17.7 Å². The maximum Gasteiger partial charge on any atom is 0.155 e. The molecule has 0 fully saturated rings. The Morgan fingerprint density at radius 1 is 0.895 bits per heavy atom. The van der Waals surface area contributed by atoms with E-state index in [1.54, 1.807) is 37.1 Å². The fraction of sp³-hybridized carbons (Fsp3) is 0.172. The van der Waals surface area contributed by atoms with Gasteiger partial charge in [0.2, 0.25) is 0 Å². The minimum absolute atomic E-state index is 0.297. The highest BCUT2D eigenvalue weighted by Crippen LogP contribution is 2.34. The molecule has 6 rings (SSSR count). The Morgan fingerprint density at radius 2 is 1.71 bits per heavy atom. The van der Waals surface area contributed by atoms with Crippen molar-refractivity contribution in [3.8, 4) is 33.6 Å². The van der Waals surface area contributed by atoms with Gasteiger partial charge in [0.25, 0.3) is 0 Å². The van der Waals surface area contributed by atoms with Crippen molar-refractivity contribution < 1.29 is 9.50 Å². The first-order chi connectivity index (χ1) is 18.3. The monoisotopic (exact) mass is 507 g/mol. The number of aliphatic hydroxyl groups is 1. The first kappa shape index (κ1) is 23.7. The Balaban J connectivity index is 1.40. The van der Waals surface area contributed by atoms with Crippen molar-refractivity contribution in [1.29, 1.82) is 0 Å². The van der Waals surface area contributed by atoms with E-state index in [1.165, 1.54) is 12.1 Å². The fourth-order valence-electron chi connectivity index (χ4n) is 4.38. The second-order valence-electron chi connectivity index (χ2n) is 10.4. The van der Waals surface area contributed by atoms with Gasteiger partial charge in [-0.3, -0.25) is 15.1 Å². The van der Waals surface area contributed by atoms with E-state index in [9.17, 15) is 9.50 Å². The maximum atomic E-state index is 13.9. The molecule has 0 amide bonds. The van der Waals surface area contributed by atoms with E-state index in [0.29, 0.717) is 17.0 Å². The number of pyridine rings is 3. The van der Waals surface area contributed by atoms with Gasteiger partial charge in [-0.05, 0) is 35.9 Å². The Morgan fingerprint density at radius 3 is 2.53 bits per heavy atom. The molecule has 5 aromatic heterocycles. The third-order valence-corrected chi connectivity index (χ3v) is 6.55. The number of aromatic amines is 2. The van der Waals surface area contributed by atoms with Gasteiger partial charge in [-0.2, -0.15) is 5.10 Å². The van der Waals surface area contributed by atoms with Gasteiger partial charge >= 0.3 is 0 Å². The number of nitrogens with zero attached hydrogens (tertiary/aromatic N) is 4. The zero-order valence-corrected chi connectivity index (χ0v) is 21.1. The first-order valence-corrected chi connectivity index (χ1v) is 12.2. The van der Waals surface area contributed by atoms with Gasteiger partial charge in [-0.15, -0.1) is 0 Å². The van der Waals surface area contributed by atoms with Crippen LogP contribution in [-0.4, -0.2) is 41.5 Å². The zero-order chi connectivity index (χ0) is 26.4. The molecule has 190 valence electrons. The standard InChI is InChI=1S/C29H26FN7O/c1-29(2,3)28(38)34-20-8-17(11-31-13-20)18-9-22-26(36-37-27(22)33-12-18)24-10-21-23(14-32-15-25(21)35-24)16-5-4-6-19(30)7-16/h4-15,28,34-35,38H,1-3H3,(H,33,36,37). The van der Waals surface area contributed by atoms with Crippen LogP contribution in [0.2, 0.25) is 0 Å². The van der Waals surface area contributed by atoms with Crippen molar-refractivity contribution in [2.45, 2.75) is 27.0 Å². The van der Waals surface area contributed by atoms with Crippen LogP contribution < -0.4 is 5.32 Å². The van der Waals surface area contributed by atoms with Gasteiger partial charge < -0.3 is 15.4 Å². The molecule has 0 radical (unpaired) electrons. The molecular formula is C29H26FN7O. The summed E-state index contributed by atoms with van der Waals surface area (Å²) in [6.45, 7) is 5.88. The lowest BCUT2D eigenvalue weighted by Crippen LogP contribution is -2.33. The van der Waals surface area contributed by atoms with Gasteiger partial charge in [-0.1, -0.05) is 32.9 Å². The number of hydrogen-bond acceptors (Lipinski definition) is 6. The number of nitrogens with one attached hydrogen (secondary N) is 3. The molecule has 0 aliphatic carbocycles. The third-order valence-electron chi connectivity index (χ3n) is 6.55. The molecule has 6 aromatic rings. The lowest BCUT2D eigenvalue weighted by molar-refractivity contribution is 0.0880. The number of hydrogen-bond donors (Lipinski definition) is 4. The van der Waals surface area contributed by atoms with Crippen molar-refractivity contribution >= 4 is 27.6 Å². The van der Waals surface area contributed by atoms with Crippen LogP contribution in [-0.2, 0) is 0 Å². The van der Waals surface area contributed by atoms with Crippen molar-refractivity contribution in [2.24, 2.45) is 5.41 Å². The molecule has 1 unspecified atom stereocenters. The van der Waals surface area contributed by atoms with E-state index in [-0.39, 0.29) is 11.2 Å². The second kappa shape index (κ2) is 9.04. The topological polar surface area (TPSA) is 115 Å². The summed E-state index contributed by atoms with van der Waals surface area (Å²) in [5, 5.41) is 22.9. The zero-order valence-electron chi connectivity index (χ0n) is 21.1. The molecule has 4 N–H and O–H groups in total. The predicted molar refractivity (Wildman–Crippen MR) is 147 cm³/mol. The SMILES string of the molecule is CC(C)(C)C(O)Nc1cncc(-c2cnc3[nH]nc(-c4cc5c(-c6cccc(F)c6)cncc5[nH]4)c3c2)c1. The molecule has 0 spiro atoms. The van der Waals surface area contributed by atoms with Crippen LogP contribution in [0, 0.1) is 11.2 Å². The number of fused-ring (bicyclic) bond motifs is 2. The van der Waals surface area contributed by atoms with Crippen LogP contribution in [0.15, 0.2) is 73.4 Å². The molecule has 0 saturated carbocycles. The van der Waals surface area contributed by atoms with E-state index in [4.69, 9.17) is 0 Å². The molecule has 38 heavy (non-hydrogen) atoms. The summed E-state index contributed by atoms with van der Waals surface area (Å²) >= 11 is 0. The van der Waals surface area contributed by atoms with Crippen molar-refractivity contribution in [2.75, 3.05) is 5.32 Å². The normalized spacial score (nSPS) is 12.8. The highest BCUT2D eigenvalue weighted by molar-refractivity contribution is 6.00. The van der Waals surface area contributed by atoms with Gasteiger partial charge in [0.05, 0.1) is 29.3 Å². The van der Waals surface area contributed by atoms with Crippen LogP contribution in [0.1, 0.15) is 20.8 Å². The molecule has 9 heteroatoms. The Hall–Kier alpha value is -4.63. The lowest BCUT2D eigenvalue weighted by atomic mass is 9.94. The number of benzene rings is 1. The average molecular weight is 508 g/mol. The summed E-state index contributed by atoms with van der Waals surface area (Å²) in [4.78, 5) is 16.7. The third kappa shape index (κ3) is 4.37. The van der Waals surface area contributed by atoms with Crippen molar-refractivity contribution in [3.63, 3.8) is 0 Å². The number of halogens is 1. The van der Waals surface area contributed by atoms with Crippen molar-refractivity contribution in [3.05, 3.63) is 79.3 Å². The quantitative estimate of drug-likeness (QED) is 0.208. The van der Waals surface area contributed by atoms with Gasteiger partial charge in [0, 0.05) is 51.5 Å². The number of anilines is 1. The lowest BCUT2D eigenvalue weighted by Gasteiger charge is -2.27. The Kier molecular flexibility index (Phi) is 5.65. The molecule has 5 heterocycles. The van der Waals surface area contributed by atoms with Gasteiger partial charge in [0.15, 0.2) is 5.65 Å². The van der Waals surface area contributed by atoms with E-state index in [1.807, 2.05) is 45.0 Å². The first-order valence-electron chi connectivity index (χ1n) is 12.2. The van der Waals surface area contributed by atoms with Crippen LogP contribution in [0.25, 0.3) is 55.6 Å². The highest BCUT2D eigenvalue weighted by Gasteiger charge is 2.22. The molecular weight excluding hydrogens is 481 g/mol. The van der Waals surface area contributed by atoms with Crippen LogP contribution in [0.5, 0.6) is 0 Å². The number of rotatable bonds is 5. The summed E-state index contributed by atoms with van der Waals surface area (Å²) in [5.41, 5.74) is 6.65. The van der Waals surface area contributed by atoms with Crippen LogP contribution >= 0.6 is 0 Å². The molecule has 0 aliphatic heterocycles. The molecule has 0 bridgehead atoms. The van der Waals surface area contributed by atoms with Crippen LogP contribution in [0.4, 0.5) is 10.1 Å². The number of aromatic nitrogens is 6. The molecule has 8 nitrogen and oxygen atoms in total. The van der Waals surface area contributed by atoms with E-state index >= 15 is 0 Å². The summed E-state index contributed by atoms with van der Waals surface area (Å²) in [6.07, 6.45) is 7.97. The summed E-state index contributed by atoms with van der Waals surface area (Å²) in [5.74, 6) is -0.297. The summed E-state index contributed by atoms with van der Waals surface area (Å²) < 4.78 is 13.9.